The van der Waals surface area contributed by atoms with Crippen LogP contribution in [0.1, 0.15) is 78.1 Å². The quantitative estimate of drug-likeness (QED) is 0.779. The molecule has 2 aliphatic rings. The smallest absolute Gasteiger partial charge is 0.227 e. The molecule has 1 amide bonds. The van der Waals surface area contributed by atoms with Crippen molar-refractivity contribution in [1.29, 1.82) is 0 Å². The van der Waals surface area contributed by atoms with Crippen LogP contribution in [0, 0.1) is 10.8 Å². The maximum atomic E-state index is 12.7. The van der Waals surface area contributed by atoms with Crippen molar-refractivity contribution < 1.29 is 4.79 Å². The van der Waals surface area contributed by atoms with Gasteiger partial charge in [0, 0.05) is 12.6 Å². The highest BCUT2D eigenvalue weighted by atomic mass is 16.2. The molecule has 2 saturated carbocycles. The summed E-state index contributed by atoms with van der Waals surface area (Å²) in [6, 6.07) is 0.377. The molecule has 0 aromatic carbocycles. The van der Waals surface area contributed by atoms with Crippen LogP contribution >= 0.6 is 0 Å². The number of carbonyl (C=O) groups is 1. The molecule has 0 saturated heterocycles. The second-order valence-electron chi connectivity index (χ2n) is 7.81. The Morgan fingerprint density at radius 1 is 1.05 bits per heavy atom. The van der Waals surface area contributed by atoms with Gasteiger partial charge in [-0.2, -0.15) is 0 Å². The Morgan fingerprint density at radius 3 is 2.10 bits per heavy atom. The topological polar surface area (TPSA) is 55.1 Å². The number of hydrogen-bond donors (Lipinski definition) is 2. The van der Waals surface area contributed by atoms with Gasteiger partial charge in [-0.25, -0.2) is 0 Å². The summed E-state index contributed by atoms with van der Waals surface area (Å²) < 4.78 is 0. The largest absolute Gasteiger partial charge is 0.353 e. The first-order valence-corrected chi connectivity index (χ1v) is 8.49. The number of nitrogens with one attached hydrogen (secondary N) is 1. The van der Waals surface area contributed by atoms with Crippen LogP contribution in [0.4, 0.5) is 0 Å². The van der Waals surface area contributed by atoms with Crippen LogP contribution in [-0.2, 0) is 4.79 Å². The minimum atomic E-state index is -0.274. The van der Waals surface area contributed by atoms with Gasteiger partial charge in [-0.1, -0.05) is 39.5 Å². The number of carbonyl (C=O) groups excluding carboxylic acids is 1. The van der Waals surface area contributed by atoms with E-state index in [-0.39, 0.29) is 11.3 Å². The number of amides is 1. The normalized spacial score (nSPS) is 26.8. The number of rotatable bonds is 3. The van der Waals surface area contributed by atoms with Crippen LogP contribution in [0.5, 0.6) is 0 Å². The van der Waals surface area contributed by atoms with E-state index in [1.54, 1.807) is 0 Å². The molecule has 0 atom stereocenters. The highest BCUT2D eigenvalue weighted by Gasteiger charge is 2.38. The van der Waals surface area contributed by atoms with Gasteiger partial charge in [0.15, 0.2) is 0 Å². The van der Waals surface area contributed by atoms with Gasteiger partial charge in [0.25, 0.3) is 0 Å². The van der Waals surface area contributed by atoms with Crippen molar-refractivity contribution in [3.63, 3.8) is 0 Å². The van der Waals surface area contributed by atoms with Crippen LogP contribution in [0.15, 0.2) is 0 Å². The third kappa shape index (κ3) is 3.75. The standard InChI is InChI=1S/C17H32N2O/c1-16(2)11-7-14(8-12-16)19-15(20)17(13-18)9-5-3-4-6-10-17/h14H,3-13,18H2,1-2H3,(H,19,20). The molecular formula is C17H32N2O. The van der Waals surface area contributed by atoms with Gasteiger partial charge in [0.2, 0.25) is 5.91 Å². The molecule has 2 aliphatic carbocycles. The van der Waals surface area contributed by atoms with E-state index in [9.17, 15) is 4.79 Å². The Kier molecular flexibility index (Phi) is 5.11. The average molecular weight is 280 g/mol. The van der Waals surface area contributed by atoms with Crippen molar-refractivity contribution in [1.82, 2.24) is 5.32 Å². The summed E-state index contributed by atoms with van der Waals surface area (Å²) in [5.41, 5.74) is 6.18. The van der Waals surface area contributed by atoms with Crippen LogP contribution in [0.3, 0.4) is 0 Å². The summed E-state index contributed by atoms with van der Waals surface area (Å²) in [6.45, 7) is 5.17. The molecule has 116 valence electrons. The summed E-state index contributed by atoms with van der Waals surface area (Å²) in [4.78, 5) is 12.7. The molecule has 0 aromatic heterocycles. The fourth-order valence-corrected chi connectivity index (χ4v) is 3.81. The summed E-state index contributed by atoms with van der Waals surface area (Å²) in [5, 5.41) is 3.33. The summed E-state index contributed by atoms with van der Waals surface area (Å²) in [6.07, 6.45) is 11.5. The molecule has 2 fully saturated rings. The predicted molar refractivity (Wildman–Crippen MR) is 83.4 cm³/mol. The Labute approximate surface area is 124 Å². The van der Waals surface area contributed by atoms with Crippen LogP contribution in [0.2, 0.25) is 0 Å². The first-order chi connectivity index (χ1) is 9.47. The fraction of sp³-hybridized carbons (Fsp3) is 0.941. The molecular weight excluding hydrogens is 248 g/mol. The van der Waals surface area contributed by atoms with Gasteiger partial charge < -0.3 is 11.1 Å². The van der Waals surface area contributed by atoms with Crippen LogP contribution in [0.25, 0.3) is 0 Å². The molecule has 0 spiro atoms. The van der Waals surface area contributed by atoms with E-state index >= 15 is 0 Å². The van der Waals surface area contributed by atoms with Crippen molar-refractivity contribution in [3.05, 3.63) is 0 Å². The second-order valence-corrected chi connectivity index (χ2v) is 7.81. The molecule has 0 heterocycles. The van der Waals surface area contributed by atoms with Crippen molar-refractivity contribution in [2.24, 2.45) is 16.6 Å². The number of hydrogen-bond acceptors (Lipinski definition) is 2. The minimum absolute atomic E-state index is 0.242. The highest BCUT2D eigenvalue weighted by Crippen LogP contribution is 2.37. The Bertz CT molecular complexity index is 320. The third-order valence-electron chi connectivity index (χ3n) is 5.61. The molecule has 20 heavy (non-hydrogen) atoms. The Hall–Kier alpha value is -0.570. The first kappa shape index (κ1) is 15.8. The van der Waals surface area contributed by atoms with Gasteiger partial charge in [-0.3, -0.25) is 4.79 Å². The fourth-order valence-electron chi connectivity index (χ4n) is 3.81. The molecule has 3 N–H and O–H groups in total. The van der Waals surface area contributed by atoms with Gasteiger partial charge >= 0.3 is 0 Å². The molecule has 0 unspecified atom stereocenters. The Morgan fingerprint density at radius 2 is 1.60 bits per heavy atom. The second kappa shape index (κ2) is 6.46. The molecule has 3 heteroatoms. The van der Waals surface area contributed by atoms with Crippen LogP contribution in [-0.4, -0.2) is 18.5 Å². The average Bonchev–Trinajstić information content (AvgIpc) is 2.67. The highest BCUT2D eigenvalue weighted by molar-refractivity contribution is 5.83. The molecule has 2 rings (SSSR count). The molecule has 0 aliphatic heterocycles. The SMILES string of the molecule is CC1(C)CCC(NC(=O)C2(CN)CCCCCC2)CC1. The van der Waals surface area contributed by atoms with E-state index in [2.05, 4.69) is 19.2 Å². The van der Waals surface area contributed by atoms with Crippen molar-refractivity contribution in [2.45, 2.75) is 84.1 Å². The zero-order valence-electron chi connectivity index (χ0n) is 13.3. The third-order valence-corrected chi connectivity index (χ3v) is 5.61. The lowest BCUT2D eigenvalue weighted by molar-refractivity contribution is -0.132. The zero-order valence-corrected chi connectivity index (χ0v) is 13.3. The summed E-state index contributed by atoms with van der Waals surface area (Å²) in [7, 11) is 0. The van der Waals surface area contributed by atoms with Gasteiger partial charge in [-0.15, -0.1) is 0 Å². The molecule has 0 bridgehead atoms. The number of nitrogens with two attached hydrogens (primary N) is 1. The lowest BCUT2D eigenvalue weighted by Gasteiger charge is -2.37. The molecule has 0 aromatic rings. The van der Waals surface area contributed by atoms with Crippen molar-refractivity contribution in [3.8, 4) is 0 Å². The van der Waals surface area contributed by atoms with E-state index in [4.69, 9.17) is 5.73 Å². The predicted octanol–water partition coefficient (Wildman–Crippen LogP) is 3.37. The van der Waals surface area contributed by atoms with E-state index in [0.29, 0.717) is 18.0 Å². The zero-order chi connectivity index (χ0) is 14.6. The lowest BCUT2D eigenvalue weighted by Crippen LogP contribution is -2.50. The first-order valence-electron chi connectivity index (χ1n) is 8.49. The van der Waals surface area contributed by atoms with Gasteiger partial charge in [0.05, 0.1) is 5.41 Å². The molecule has 3 nitrogen and oxygen atoms in total. The van der Waals surface area contributed by atoms with Crippen LogP contribution < -0.4 is 11.1 Å². The van der Waals surface area contributed by atoms with Gasteiger partial charge in [0.1, 0.15) is 0 Å². The maximum Gasteiger partial charge on any atom is 0.227 e. The maximum absolute atomic E-state index is 12.7. The Balaban J connectivity index is 1.92. The summed E-state index contributed by atoms with van der Waals surface area (Å²) in [5.74, 6) is 0.242. The lowest BCUT2D eigenvalue weighted by atomic mass is 9.74. The molecule has 0 radical (unpaired) electrons. The van der Waals surface area contributed by atoms with Crippen molar-refractivity contribution >= 4 is 5.91 Å². The van der Waals surface area contributed by atoms with E-state index in [1.165, 1.54) is 25.7 Å². The minimum Gasteiger partial charge on any atom is -0.353 e. The summed E-state index contributed by atoms with van der Waals surface area (Å²) >= 11 is 0. The van der Waals surface area contributed by atoms with Crippen molar-refractivity contribution in [2.75, 3.05) is 6.54 Å². The van der Waals surface area contributed by atoms with E-state index in [0.717, 1.165) is 38.5 Å². The van der Waals surface area contributed by atoms with Gasteiger partial charge in [-0.05, 0) is 43.9 Å². The van der Waals surface area contributed by atoms with E-state index in [1.807, 2.05) is 0 Å². The van der Waals surface area contributed by atoms with E-state index < -0.39 is 0 Å². The monoisotopic (exact) mass is 280 g/mol.